The van der Waals surface area contributed by atoms with Crippen LogP contribution < -0.4 is 16.4 Å². The van der Waals surface area contributed by atoms with Gasteiger partial charge in [-0.3, -0.25) is 0 Å². The van der Waals surface area contributed by atoms with E-state index in [1.165, 1.54) is 24.3 Å². The molecule has 18 heavy (non-hydrogen) atoms. The summed E-state index contributed by atoms with van der Waals surface area (Å²) in [6, 6.07) is 4.89. The van der Waals surface area contributed by atoms with Crippen molar-refractivity contribution in [3.05, 3.63) is 30.1 Å². The molecule has 1 aliphatic rings. The number of hydrogen-bond donors (Lipinski definition) is 3. The van der Waals surface area contributed by atoms with Gasteiger partial charge < -0.3 is 16.4 Å². The molecule has 1 aromatic carbocycles. The first kappa shape index (κ1) is 12.8. The van der Waals surface area contributed by atoms with Crippen molar-refractivity contribution in [2.24, 2.45) is 11.7 Å². The smallest absolute Gasteiger partial charge is 0.319 e. The van der Waals surface area contributed by atoms with Gasteiger partial charge in [0, 0.05) is 5.69 Å². The average molecular weight is 267 g/mol. The van der Waals surface area contributed by atoms with Gasteiger partial charge in [0.25, 0.3) is 0 Å². The first-order chi connectivity index (χ1) is 8.56. The normalized spacial score (nSPS) is 15.8. The molecule has 96 valence electrons. The summed E-state index contributed by atoms with van der Waals surface area (Å²) in [4.78, 5) is 12.0. The molecule has 0 radical (unpaired) electrons. The van der Waals surface area contributed by atoms with E-state index in [-0.39, 0.29) is 17.9 Å². The van der Waals surface area contributed by atoms with Gasteiger partial charge in [0.05, 0.1) is 11.0 Å². The zero-order valence-electron chi connectivity index (χ0n) is 9.65. The number of benzene rings is 1. The fourth-order valence-corrected chi connectivity index (χ4v) is 1.94. The van der Waals surface area contributed by atoms with E-state index >= 15 is 0 Å². The van der Waals surface area contributed by atoms with Gasteiger partial charge in [-0.1, -0.05) is 12.2 Å². The number of nitrogens with two attached hydrogens (primary N) is 1. The molecule has 0 spiro atoms. The fourth-order valence-electron chi connectivity index (χ4n) is 1.69. The zero-order valence-corrected chi connectivity index (χ0v) is 10.5. The highest BCUT2D eigenvalue weighted by molar-refractivity contribution is 7.80. The molecule has 1 atom stereocenters. The molecular weight excluding hydrogens is 253 g/mol. The Hall–Kier alpha value is -1.69. The Kier molecular flexibility index (Phi) is 3.76. The van der Waals surface area contributed by atoms with Crippen molar-refractivity contribution in [3.63, 3.8) is 0 Å². The van der Waals surface area contributed by atoms with Crippen LogP contribution >= 0.6 is 12.2 Å². The molecule has 6 heteroatoms. The number of thiocarbonyl (C=S) groups is 1. The molecule has 2 amide bonds. The summed E-state index contributed by atoms with van der Waals surface area (Å²) in [7, 11) is 0. The monoisotopic (exact) mass is 267 g/mol. The third-order valence-corrected chi connectivity index (χ3v) is 3.04. The summed E-state index contributed by atoms with van der Waals surface area (Å²) in [5, 5.41) is 5.34. The Morgan fingerprint density at radius 2 is 2.00 bits per heavy atom. The molecule has 0 aromatic heterocycles. The summed E-state index contributed by atoms with van der Waals surface area (Å²) in [5.74, 6) is 0.00131. The van der Waals surface area contributed by atoms with E-state index < -0.39 is 0 Å². The highest BCUT2D eigenvalue weighted by Crippen LogP contribution is 2.32. The highest BCUT2D eigenvalue weighted by atomic mass is 32.1. The number of urea groups is 1. The van der Waals surface area contributed by atoms with Gasteiger partial charge in [0.15, 0.2) is 0 Å². The van der Waals surface area contributed by atoms with Gasteiger partial charge in [0.1, 0.15) is 5.82 Å². The van der Waals surface area contributed by atoms with Gasteiger partial charge in [-0.25, -0.2) is 9.18 Å². The van der Waals surface area contributed by atoms with Crippen LogP contribution in [0.15, 0.2) is 24.3 Å². The third kappa shape index (κ3) is 3.40. The molecule has 2 rings (SSSR count). The van der Waals surface area contributed by atoms with E-state index in [9.17, 15) is 9.18 Å². The van der Waals surface area contributed by atoms with Crippen LogP contribution in [0.1, 0.15) is 12.8 Å². The van der Waals surface area contributed by atoms with E-state index in [2.05, 4.69) is 10.6 Å². The van der Waals surface area contributed by atoms with Crippen molar-refractivity contribution in [2.45, 2.75) is 18.9 Å². The second kappa shape index (κ2) is 5.30. The first-order valence-electron chi connectivity index (χ1n) is 5.68. The number of carbonyl (C=O) groups is 1. The number of nitrogens with one attached hydrogen (secondary N) is 2. The van der Waals surface area contributed by atoms with Gasteiger partial charge in [-0.15, -0.1) is 0 Å². The van der Waals surface area contributed by atoms with Crippen LogP contribution in [0.25, 0.3) is 0 Å². The molecule has 0 bridgehead atoms. The summed E-state index contributed by atoms with van der Waals surface area (Å²) < 4.78 is 12.7. The van der Waals surface area contributed by atoms with Crippen molar-refractivity contribution >= 4 is 28.9 Å². The molecule has 0 aliphatic heterocycles. The number of amides is 2. The first-order valence-corrected chi connectivity index (χ1v) is 6.09. The van der Waals surface area contributed by atoms with Crippen LogP contribution in [0.4, 0.5) is 14.9 Å². The SMILES string of the molecule is NC(=S)C(NC(=O)Nc1ccc(F)cc1)C1CC1. The van der Waals surface area contributed by atoms with Gasteiger partial charge >= 0.3 is 6.03 Å². The summed E-state index contributed by atoms with van der Waals surface area (Å²) in [6.45, 7) is 0. The van der Waals surface area contributed by atoms with Crippen LogP contribution in [-0.4, -0.2) is 17.1 Å². The predicted octanol–water partition coefficient (Wildman–Crippen LogP) is 2.01. The lowest BCUT2D eigenvalue weighted by Gasteiger charge is -2.17. The van der Waals surface area contributed by atoms with E-state index in [1.807, 2.05) is 0 Å². The van der Waals surface area contributed by atoms with Crippen molar-refractivity contribution in [2.75, 3.05) is 5.32 Å². The minimum Gasteiger partial charge on any atom is -0.392 e. The van der Waals surface area contributed by atoms with Gasteiger partial charge in [-0.2, -0.15) is 0 Å². The second-order valence-corrected chi connectivity index (χ2v) is 4.79. The van der Waals surface area contributed by atoms with Crippen molar-refractivity contribution in [1.29, 1.82) is 0 Å². The molecular formula is C12H14FN3OS. The van der Waals surface area contributed by atoms with E-state index in [4.69, 9.17) is 18.0 Å². The minimum absolute atomic E-state index is 0.263. The quantitative estimate of drug-likeness (QED) is 0.731. The molecule has 4 N–H and O–H groups in total. The largest absolute Gasteiger partial charge is 0.392 e. The van der Waals surface area contributed by atoms with Gasteiger partial charge in [-0.05, 0) is 43.0 Å². The Bertz CT molecular complexity index is 459. The van der Waals surface area contributed by atoms with Crippen LogP contribution in [0.2, 0.25) is 0 Å². The average Bonchev–Trinajstić information content (AvgIpc) is 3.13. The number of anilines is 1. The maximum Gasteiger partial charge on any atom is 0.319 e. The van der Waals surface area contributed by atoms with Crippen molar-refractivity contribution < 1.29 is 9.18 Å². The standard InChI is InChI=1S/C12H14FN3OS/c13-8-3-5-9(6-4-8)15-12(17)16-10(11(14)18)7-1-2-7/h3-7,10H,1-2H2,(H2,14,18)(H2,15,16,17). The Morgan fingerprint density at radius 3 is 2.50 bits per heavy atom. The Balaban J connectivity index is 1.91. The highest BCUT2D eigenvalue weighted by Gasteiger charge is 2.34. The third-order valence-electron chi connectivity index (χ3n) is 2.79. The molecule has 0 heterocycles. The second-order valence-electron chi connectivity index (χ2n) is 4.32. The summed E-state index contributed by atoms with van der Waals surface area (Å²) >= 11 is 4.92. The molecule has 1 aromatic rings. The fraction of sp³-hybridized carbons (Fsp3) is 0.333. The number of halogens is 1. The molecule has 1 saturated carbocycles. The van der Waals surface area contributed by atoms with E-state index in [0.29, 0.717) is 16.6 Å². The van der Waals surface area contributed by atoms with Crippen molar-refractivity contribution in [3.8, 4) is 0 Å². The lowest BCUT2D eigenvalue weighted by atomic mass is 10.2. The minimum atomic E-state index is -0.383. The lowest BCUT2D eigenvalue weighted by Crippen LogP contribution is -2.46. The summed E-state index contributed by atoms with van der Waals surface area (Å²) in [5.41, 5.74) is 6.10. The zero-order chi connectivity index (χ0) is 13.1. The predicted molar refractivity (Wildman–Crippen MR) is 71.9 cm³/mol. The lowest BCUT2D eigenvalue weighted by molar-refractivity contribution is 0.250. The molecule has 4 nitrogen and oxygen atoms in total. The Morgan fingerprint density at radius 1 is 1.39 bits per heavy atom. The number of carbonyl (C=O) groups excluding carboxylic acids is 1. The van der Waals surface area contributed by atoms with E-state index in [1.54, 1.807) is 0 Å². The van der Waals surface area contributed by atoms with Crippen molar-refractivity contribution in [1.82, 2.24) is 5.32 Å². The van der Waals surface area contributed by atoms with Crippen LogP contribution in [-0.2, 0) is 0 Å². The van der Waals surface area contributed by atoms with E-state index in [0.717, 1.165) is 12.8 Å². The molecule has 0 saturated heterocycles. The number of rotatable bonds is 4. The summed E-state index contributed by atoms with van der Waals surface area (Å²) in [6.07, 6.45) is 2.05. The Labute approximate surface area is 110 Å². The topological polar surface area (TPSA) is 67.1 Å². The van der Waals surface area contributed by atoms with Crippen LogP contribution in [0.3, 0.4) is 0 Å². The van der Waals surface area contributed by atoms with Gasteiger partial charge in [0.2, 0.25) is 0 Å². The van der Waals surface area contributed by atoms with Crippen LogP contribution in [0.5, 0.6) is 0 Å². The number of hydrogen-bond acceptors (Lipinski definition) is 2. The molecule has 1 fully saturated rings. The van der Waals surface area contributed by atoms with Crippen LogP contribution in [0, 0.1) is 11.7 Å². The molecule has 1 aliphatic carbocycles. The molecule has 1 unspecified atom stereocenters. The maximum absolute atomic E-state index is 12.7. The maximum atomic E-state index is 12.7.